The zero-order valence-corrected chi connectivity index (χ0v) is 18.4. The molecule has 0 unspecified atom stereocenters. The Morgan fingerprint density at radius 3 is 2.53 bits per heavy atom. The van der Waals surface area contributed by atoms with E-state index in [1.165, 1.54) is 5.56 Å². The first kappa shape index (κ1) is 20.3. The summed E-state index contributed by atoms with van der Waals surface area (Å²) in [5.74, 6) is 1.32. The van der Waals surface area contributed by atoms with Gasteiger partial charge in [0.25, 0.3) is 0 Å². The molecule has 2 aromatic heterocycles. The number of amides is 1. The van der Waals surface area contributed by atoms with E-state index < -0.39 is 0 Å². The van der Waals surface area contributed by atoms with Gasteiger partial charge in [0.1, 0.15) is 25.5 Å². The van der Waals surface area contributed by atoms with E-state index in [0.717, 1.165) is 45.9 Å². The average molecular weight is 431 g/mol. The molecular formula is C25H26N4O3. The highest BCUT2D eigenvalue weighted by molar-refractivity contribution is 6.09. The summed E-state index contributed by atoms with van der Waals surface area (Å²) in [6.07, 6.45) is 3.70. The van der Waals surface area contributed by atoms with Crippen LogP contribution >= 0.6 is 0 Å². The Labute approximate surface area is 186 Å². The minimum Gasteiger partial charge on any atom is -0.486 e. The summed E-state index contributed by atoms with van der Waals surface area (Å²) in [6.45, 7) is 5.98. The lowest BCUT2D eigenvalue weighted by Gasteiger charge is -2.19. The number of carbonyl (C=O) groups is 1. The number of aryl methyl sites for hydroxylation is 1. The lowest BCUT2D eigenvalue weighted by Crippen LogP contribution is -2.28. The molecule has 0 spiro atoms. The maximum absolute atomic E-state index is 12.6. The minimum atomic E-state index is -0.0633. The van der Waals surface area contributed by atoms with Gasteiger partial charge in [-0.3, -0.25) is 14.5 Å². The van der Waals surface area contributed by atoms with Crippen molar-refractivity contribution >= 4 is 27.7 Å². The standard InChI is InChI=1S/C25H26N4O3/c1-3-9-26-23(30)15-29-25-18-12-21-22(32-11-10-31-21)13-20(18)27-14-19(25)24(28-29)17-7-5-16(4-2)6-8-17/h5-8,12-14H,3-4,9-11,15H2,1-2H3,(H,26,30). The Bertz CT molecular complexity index is 1290. The molecule has 0 bridgehead atoms. The lowest BCUT2D eigenvalue weighted by molar-refractivity contribution is -0.121. The Hall–Kier alpha value is -3.61. The topological polar surface area (TPSA) is 78.3 Å². The van der Waals surface area contributed by atoms with Crippen LogP contribution in [0.3, 0.4) is 0 Å². The van der Waals surface area contributed by atoms with E-state index >= 15 is 0 Å². The monoisotopic (exact) mass is 430 g/mol. The first-order valence-corrected chi connectivity index (χ1v) is 11.1. The van der Waals surface area contributed by atoms with Crippen LogP contribution in [0.4, 0.5) is 0 Å². The molecular weight excluding hydrogens is 404 g/mol. The summed E-state index contributed by atoms with van der Waals surface area (Å²) in [4.78, 5) is 17.3. The van der Waals surface area contributed by atoms with Crippen molar-refractivity contribution in [3.63, 3.8) is 0 Å². The maximum atomic E-state index is 12.6. The van der Waals surface area contributed by atoms with Crippen molar-refractivity contribution < 1.29 is 14.3 Å². The van der Waals surface area contributed by atoms with Gasteiger partial charge in [0.15, 0.2) is 11.5 Å². The van der Waals surface area contributed by atoms with Gasteiger partial charge in [0, 0.05) is 35.1 Å². The highest BCUT2D eigenvalue weighted by Crippen LogP contribution is 2.38. The molecule has 164 valence electrons. The number of carbonyl (C=O) groups excluding carboxylic acids is 1. The van der Waals surface area contributed by atoms with E-state index in [2.05, 4.69) is 41.5 Å². The van der Waals surface area contributed by atoms with Crippen molar-refractivity contribution in [3.05, 3.63) is 48.2 Å². The number of hydrogen-bond acceptors (Lipinski definition) is 5. The van der Waals surface area contributed by atoms with Crippen LogP contribution in [0, 0.1) is 0 Å². The molecule has 5 rings (SSSR count). The van der Waals surface area contributed by atoms with Crippen LogP contribution in [0.1, 0.15) is 25.8 Å². The third-order valence-corrected chi connectivity index (χ3v) is 5.74. The van der Waals surface area contributed by atoms with Gasteiger partial charge in [-0.15, -0.1) is 0 Å². The van der Waals surface area contributed by atoms with Crippen molar-refractivity contribution in [2.75, 3.05) is 19.8 Å². The number of ether oxygens (including phenoxy) is 2. The van der Waals surface area contributed by atoms with E-state index in [4.69, 9.17) is 14.6 Å². The number of nitrogens with zero attached hydrogens (tertiary/aromatic N) is 3. The van der Waals surface area contributed by atoms with Crippen LogP contribution in [0.5, 0.6) is 11.5 Å². The first-order chi connectivity index (χ1) is 15.7. The molecule has 1 aliphatic rings. The molecule has 0 radical (unpaired) electrons. The third-order valence-electron chi connectivity index (χ3n) is 5.74. The zero-order valence-electron chi connectivity index (χ0n) is 18.4. The van der Waals surface area contributed by atoms with Gasteiger partial charge in [-0.25, -0.2) is 0 Å². The van der Waals surface area contributed by atoms with Crippen LogP contribution in [0.2, 0.25) is 0 Å². The number of rotatable bonds is 6. The molecule has 0 aliphatic carbocycles. The summed E-state index contributed by atoms with van der Waals surface area (Å²) in [5, 5.41) is 9.61. The van der Waals surface area contributed by atoms with Crippen LogP contribution < -0.4 is 14.8 Å². The smallest absolute Gasteiger partial charge is 0.241 e. The second kappa shape index (κ2) is 8.49. The Morgan fingerprint density at radius 1 is 1.06 bits per heavy atom. The third kappa shape index (κ3) is 3.64. The number of pyridine rings is 1. The molecule has 2 aromatic carbocycles. The number of nitrogens with one attached hydrogen (secondary N) is 1. The quantitative estimate of drug-likeness (QED) is 0.498. The fraction of sp³-hybridized carbons (Fsp3) is 0.320. The Kier molecular flexibility index (Phi) is 5.39. The molecule has 7 heteroatoms. The molecule has 3 heterocycles. The molecule has 1 N–H and O–H groups in total. The largest absolute Gasteiger partial charge is 0.486 e. The second-order valence-corrected chi connectivity index (χ2v) is 7.94. The minimum absolute atomic E-state index is 0.0633. The highest BCUT2D eigenvalue weighted by Gasteiger charge is 2.20. The predicted octanol–water partition coefficient (Wildman–Crippen LogP) is 4.11. The second-order valence-electron chi connectivity index (χ2n) is 7.94. The van der Waals surface area contributed by atoms with Crippen molar-refractivity contribution in [2.24, 2.45) is 0 Å². The fourth-order valence-electron chi connectivity index (χ4n) is 4.07. The molecule has 4 aromatic rings. The molecule has 0 saturated heterocycles. The molecule has 1 aliphatic heterocycles. The number of hydrogen-bond donors (Lipinski definition) is 1. The molecule has 7 nitrogen and oxygen atoms in total. The van der Waals surface area contributed by atoms with E-state index in [1.807, 2.05) is 25.3 Å². The van der Waals surface area contributed by atoms with Gasteiger partial charge in [-0.1, -0.05) is 38.1 Å². The van der Waals surface area contributed by atoms with Crippen LogP contribution in [0.15, 0.2) is 42.6 Å². The van der Waals surface area contributed by atoms with E-state index in [9.17, 15) is 4.79 Å². The van der Waals surface area contributed by atoms with Gasteiger partial charge in [-0.05, 0) is 24.5 Å². The molecule has 0 fully saturated rings. The summed E-state index contributed by atoms with van der Waals surface area (Å²) >= 11 is 0. The van der Waals surface area contributed by atoms with E-state index in [1.54, 1.807) is 4.68 Å². The van der Waals surface area contributed by atoms with Gasteiger partial charge in [-0.2, -0.15) is 5.10 Å². The van der Waals surface area contributed by atoms with Crippen molar-refractivity contribution in [2.45, 2.75) is 33.2 Å². The van der Waals surface area contributed by atoms with Gasteiger partial charge in [0.2, 0.25) is 5.91 Å². The first-order valence-electron chi connectivity index (χ1n) is 11.1. The molecule has 1 amide bonds. The summed E-state index contributed by atoms with van der Waals surface area (Å²) in [6, 6.07) is 12.2. The predicted molar refractivity (Wildman–Crippen MR) is 124 cm³/mol. The Morgan fingerprint density at radius 2 is 1.81 bits per heavy atom. The van der Waals surface area contributed by atoms with Gasteiger partial charge in [0.05, 0.1) is 11.0 Å². The van der Waals surface area contributed by atoms with E-state index in [-0.39, 0.29) is 12.5 Å². The summed E-state index contributed by atoms with van der Waals surface area (Å²) in [7, 11) is 0. The summed E-state index contributed by atoms with van der Waals surface area (Å²) in [5.41, 5.74) is 4.73. The number of benzene rings is 2. The molecule has 0 saturated carbocycles. The number of fused-ring (bicyclic) bond motifs is 4. The van der Waals surface area contributed by atoms with E-state index in [0.29, 0.717) is 31.3 Å². The van der Waals surface area contributed by atoms with Gasteiger partial charge < -0.3 is 14.8 Å². The Balaban J connectivity index is 1.70. The zero-order chi connectivity index (χ0) is 22.1. The van der Waals surface area contributed by atoms with Crippen molar-refractivity contribution in [3.8, 4) is 22.8 Å². The average Bonchev–Trinajstić information content (AvgIpc) is 3.20. The van der Waals surface area contributed by atoms with Gasteiger partial charge >= 0.3 is 0 Å². The number of aromatic nitrogens is 3. The molecule has 32 heavy (non-hydrogen) atoms. The SMILES string of the molecule is CCCNC(=O)Cn1nc(-c2ccc(CC)cc2)c2cnc3cc4c(cc3c21)OCCO4. The van der Waals surface area contributed by atoms with Crippen LogP contribution in [-0.4, -0.2) is 40.4 Å². The van der Waals surface area contributed by atoms with Crippen molar-refractivity contribution in [1.82, 2.24) is 20.1 Å². The van der Waals surface area contributed by atoms with Crippen molar-refractivity contribution in [1.29, 1.82) is 0 Å². The normalized spacial score (nSPS) is 12.9. The maximum Gasteiger partial charge on any atom is 0.241 e. The fourth-order valence-corrected chi connectivity index (χ4v) is 4.07. The summed E-state index contributed by atoms with van der Waals surface area (Å²) < 4.78 is 13.3. The highest BCUT2D eigenvalue weighted by atomic mass is 16.6. The lowest BCUT2D eigenvalue weighted by atomic mass is 10.0. The van der Waals surface area contributed by atoms with Crippen LogP contribution in [0.25, 0.3) is 33.1 Å². The van der Waals surface area contributed by atoms with Crippen LogP contribution in [-0.2, 0) is 17.8 Å². The molecule has 0 atom stereocenters.